The Bertz CT molecular complexity index is 849. The maximum atomic E-state index is 13.0. The van der Waals surface area contributed by atoms with Gasteiger partial charge in [0.2, 0.25) is 5.96 Å². The van der Waals surface area contributed by atoms with Crippen molar-refractivity contribution in [2.45, 2.75) is 32.5 Å². The Morgan fingerprint density at radius 1 is 1.23 bits per heavy atom. The third kappa shape index (κ3) is 2.11. The summed E-state index contributed by atoms with van der Waals surface area (Å²) in [5.74, 6) is 0.440. The molecule has 8 nitrogen and oxygen atoms in total. The van der Waals surface area contributed by atoms with E-state index in [4.69, 9.17) is 0 Å². The fraction of sp³-hybridized carbons (Fsp3) is 0.389. The molecule has 136 valence electrons. The lowest BCUT2D eigenvalue weighted by molar-refractivity contribution is -0.136. The summed E-state index contributed by atoms with van der Waals surface area (Å²) in [4.78, 5) is 36.6. The average molecular weight is 355 g/mol. The first-order valence-electron chi connectivity index (χ1n) is 8.66. The monoisotopic (exact) mass is 355 g/mol. The number of urea groups is 1. The second-order valence-electron chi connectivity index (χ2n) is 6.67. The van der Waals surface area contributed by atoms with Crippen LogP contribution >= 0.6 is 0 Å². The van der Waals surface area contributed by atoms with Crippen molar-refractivity contribution < 1.29 is 14.7 Å². The molecule has 0 aliphatic carbocycles. The number of phenols is 1. The number of aliphatic imine (C=N–C) groups is 1. The summed E-state index contributed by atoms with van der Waals surface area (Å²) in [5, 5.41) is 10.2. The minimum Gasteiger partial charge on any atom is -0.506 e. The molecule has 0 aromatic heterocycles. The van der Waals surface area contributed by atoms with E-state index in [9.17, 15) is 14.7 Å². The van der Waals surface area contributed by atoms with Gasteiger partial charge in [0.25, 0.3) is 5.91 Å². The van der Waals surface area contributed by atoms with Gasteiger partial charge in [-0.05, 0) is 25.5 Å². The summed E-state index contributed by atoms with van der Waals surface area (Å²) in [6, 6.07) is 6.08. The van der Waals surface area contributed by atoms with Crippen molar-refractivity contribution in [3.05, 3.63) is 36.2 Å². The zero-order valence-corrected chi connectivity index (χ0v) is 15.0. The van der Waals surface area contributed by atoms with Gasteiger partial charge in [0, 0.05) is 25.5 Å². The number of rotatable bonds is 3. The normalized spacial score (nSPS) is 24.7. The Morgan fingerprint density at radius 3 is 2.65 bits per heavy atom. The number of amides is 3. The molecule has 0 bridgehead atoms. The van der Waals surface area contributed by atoms with E-state index in [1.165, 1.54) is 9.80 Å². The van der Waals surface area contributed by atoms with Crippen molar-refractivity contribution in [1.82, 2.24) is 14.7 Å². The maximum absolute atomic E-state index is 13.0. The first-order chi connectivity index (χ1) is 12.5. The number of nitrogens with zero attached hydrogens (tertiary/aromatic N) is 5. The molecule has 8 heteroatoms. The van der Waals surface area contributed by atoms with Gasteiger partial charge in [0.1, 0.15) is 5.75 Å². The number of phenolic OH excluding ortho intramolecular Hbond substituents is 1. The van der Waals surface area contributed by atoms with Gasteiger partial charge in [-0.1, -0.05) is 19.1 Å². The highest BCUT2D eigenvalue weighted by atomic mass is 16.3. The Kier molecular flexibility index (Phi) is 3.64. The van der Waals surface area contributed by atoms with Crippen LogP contribution in [-0.4, -0.2) is 63.5 Å². The van der Waals surface area contributed by atoms with E-state index in [1.54, 1.807) is 30.1 Å². The predicted molar refractivity (Wildman–Crippen MR) is 96.4 cm³/mol. The van der Waals surface area contributed by atoms with Gasteiger partial charge in [-0.2, -0.15) is 0 Å². The Hall–Kier alpha value is -3.03. The van der Waals surface area contributed by atoms with E-state index in [0.717, 1.165) is 5.70 Å². The molecule has 0 radical (unpaired) electrons. The third-order valence-corrected chi connectivity index (χ3v) is 4.96. The van der Waals surface area contributed by atoms with Crippen molar-refractivity contribution in [3.63, 3.8) is 0 Å². The highest BCUT2D eigenvalue weighted by Gasteiger charge is 2.54. The molecule has 1 aromatic carbocycles. The van der Waals surface area contributed by atoms with Crippen LogP contribution in [0.15, 0.2) is 41.2 Å². The SMILES string of the molecule is CCCN1C(=O)C2C(N=C3N(c4ccccc4O)C(C)=CN32)N(C)C1=O. The first-order valence-corrected chi connectivity index (χ1v) is 8.66. The summed E-state index contributed by atoms with van der Waals surface area (Å²) in [6.07, 6.45) is 1.98. The third-order valence-electron chi connectivity index (χ3n) is 4.96. The van der Waals surface area contributed by atoms with Crippen molar-refractivity contribution in [3.8, 4) is 5.75 Å². The quantitative estimate of drug-likeness (QED) is 0.893. The smallest absolute Gasteiger partial charge is 0.328 e. The van der Waals surface area contributed by atoms with Gasteiger partial charge in [-0.25, -0.2) is 9.79 Å². The van der Waals surface area contributed by atoms with Crippen molar-refractivity contribution in [1.29, 1.82) is 0 Å². The van der Waals surface area contributed by atoms with Gasteiger partial charge in [0.05, 0.1) is 5.69 Å². The molecule has 1 aromatic rings. The molecule has 3 aliphatic heterocycles. The largest absolute Gasteiger partial charge is 0.506 e. The summed E-state index contributed by atoms with van der Waals surface area (Å²) < 4.78 is 0. The second-order valence-corrected chi connectivity index (χ2v) is 6.67. The van der Waals surface area contributed by atoms with E-state index in [0.29, 0.717) is 24.6 Å². The highest BCUT2D eigenvalue weighted by molar-refractivity contribution is 6.10. The lowest BCUT2D eigenvalue weighted by atomic mass is 10.1. The highest BCUT2D eigenvalue weighted by Crippen LogP contribution is 2.39. The molecule has 1 saturated heterocycles. The molecule has 3 amide bonds. The topological polar surface area (TPSA) is 79.7 Å². The van der Waals surface area contributed by atoms with Crippen LogP contribution < -0.4 is 4.90 Å². The van der Waals surface area contributed by atoms with E-state index in [-0.39, 0.29) is 17.7 Å². The lowest BCUT2D eigenvalue weighted by Crippen LogP contribution is -2.64. The fourth-order valence-corrected chi connectivity index (χ4v) is 3.73. The Balaban J connectivity index is 1.75. The zero-order chi connectivity index (χ0) is 18.6. The number of imide groups is 1. The summed E-state index contributed by atoms with van der Waals surface area (Å²) in [7, 11) is 1.67. The molecule has 1 N–H and O–H groups in total. The van der Waals surface area contributed by atoms with Crippen molar-refractivity contribution in [2.75, 3.05) is 18.5 Å². The van der Waals surface area contributed by atoms with Crippen LogP contribution in [0.3, 0.4) is 0 Å². The number of hydrogen-bond donors (Lipinski definition) is 1. The number of guanidine groups is 1. The predicted octanol–water partition coefficient (Wildman–Crippen LogP) is 1.74. The van der Waals surface area contributed by atoms with Crippen LogP contribution in [-0.2, 0) is 4.79 Å². The number of hydrogen-bond acceptors (Lipinski definition) is 6. The number of para-hydroxylation sites is 2. The summed E-state index contributed by atoms with van der Waals surface area (Å²) in [6.45, 7) is 4.22. The first kappa shape index (κ1) is 16.4. The van der Waals surface area contributed by atoms with Crippen LogP contribution in [0.2, 0.25) is 0 Å². The number of carbonyl (C=O) groups is 2. The number of allylic oxidation sites excluding steroid dienone is 1. The summed E-state index contributed by atoms with van der Waals surface area (Å²) in [5.41, 5.74) is 1.44. The second kappa shape index (κ2) is 5.76. The van der Waals surface area contributed by atoms with E-state index in [1.807, 2.05) is 31.0 Å². The van der Waals surface area contributed by atoms with Crippen LogP contribution in [0.5, 0.6) is 5.75 Å². The molecule has 0 spiro atoms. The van der Waals surface area contributed by atoms with E-state index in [2.05, 4.69) is 4.99 Å². The van der Waals surface area contributed by atoms with E-state index < -0.39 is 12.2 Å². The number of aromatic hydroxyl groups is 1. The average Bonchev–Trinajstić information content (AvgIpc) is 3.12. The summed E-state index contributed by atoms with van der Waals surface area (Å²) >= 11 is 0. The van der Waals surface area contributed by atoms with Crippen LogP contribution in [0.1, 0.15) is 20.3 Å². The van der Waals surface area contributed by atoms with Crippen LogP contribution in [0, 0.1) is 0 Å². The number of carbonyl (C=O) groups excluding carboxylic acids is 2. The molecule has 2 atom stereocenters. The Morgan fingerprint density at radius 2 is 1.96 bits per heavy atom. The van der Waals surface area contributed by atoms with Crippen LogP contribution in [0.4, 0.5) is 10.5 Å². The lowest BCUT2D eigenvalue weighted by Gasteiger charge is -2.40. The maximum Gasteiger partial charge on any atom is 0.328 e. The minimum absolute atomic E-state index is 0.128. The molecular weight excluding hydrogens is 334 g/mol. The van der Waals surface area contributed by atoms with Gasteiger partial charge >= 0.3 is 6.03 Å². The Labute approximate surface area is 151 Å². The van der Waals surface area contributed by atoms with Gasteiger partial charge < -0.3 is 14.9 Å². The molecule has 26 heavy (non-hydrogen) atoms. The molecule has 0 saturated carbocycles. The minimum atomic E-state index is -0.579. The zero-order valence-electron chi connectivity index (χ0n) is 15.0. The van der Waals surface area contributed by atoms with Crippen molar-refractivity contribution >= 4 is 23.6 Å². The van der Waals surface area contributed by atoms with Gasteiger partial charge in [0.15, 0.2) is 12.2 Å². The van der Waals surface area contributed by atoms with Gasteiger partial charge in [-0.3, -0.25) is 14.6 Å². The number of fused-ring (bicyclic) bond motifs is 3. The number of likely N-dealkylation sites (N-methyl/N-ethyl adjacent to an activating group) is 1. The number of benzene rings is 1. The molecule has 4 rings (SSSR count). The fourth-order valence-electron chi connectivity index (χ4n) is 3.73. The van der Waals surface area contributed by atoms with Crippen LogP contribution in [0.25, 0.3) is 0 Å². The van der Waals surface area contributed by atoms with Gasteiger partial charge in [-0.15, -0.1) is 0 Å². The number of anilines is 1. The molecule has 3 aliphatic rings. The molecule has 1 fully saturated rings. The van der Waals surface area contributed by atoms with Crippen molar-refractivity contribution in [2.24, 2.45) is 4.99 Å². The molecule has 3 heterocycles. The van der Waals surface area contributed by atoms with E-state index >= 15 is 0 Å². The molecule has 2 unspecified atom stereocenters. The molecular formula is C18H21N5O3. The standard InChI is InChI=1S/C18H21N5O3/c1-4-9-21-16(25)14-15(20(3)18(21)26)19-17-22(14)10-11(2)23(17)12-7-5-6-8-13(12)24/h5-8,10,14-15,24H,4,9H2,1-3H3.